The summed E-state index contributed by atoms with van der Waals surface area (Å²) in [6.07, 6.45) is -4.59. The molecule has 2 aromatic rings. The van der Waals surface area contributed by atoms with Crippen molar-refractivity contribution in [1.82, 2.24) is 9.97 Å². The molecule has 0 atom stereocenters. The van der Waals surface area contributed by atoms with Crippen LogP contribution in [-0.2, 0) is 6.18 Å². The van der Waals surface area contributed by atoms with Crippen molar-refractivity contribution in [1.29, 1.82) is 0 Å². The minimum absolute atomic E-state index is 0.0531. The van der Waals surface area contributed by atoms with E-state index in [1.165, 1.54) is 0 Å². The van der Waals surface area contributed by atoms with E-state index in [2.05, 4.69) is 15.3 Å². The summed E-state index contributed by atoms with van der Waals surface area (Å²) in [5.41, 5.74) is 0.234. The van der Waals surface area contributed by atoms with Crippen molar-refractivity contribution < 1.29 is 13.2 Å². The molecule has 1 aromatic carbocycles. The van der Waals surface area contributed by atoms with Crippen LogP contribution < -0.4 is 5.32 Å². The number of aromatic nitrogens is 2. The van der Waals surface area contributed by atoms with E-state index < -0.39 is 17.2 Å². The lowest BCUT2D eigenvalue weighted by Gasteiger charge is -2.11. The van der Waals surface area contributed by atoms with Crippen LogP contribution in [0.2, 0.25) is 10.3 Å². The second-order valence-corrected chi connectivity index (χ2v) is 4.76. The van der Waals surface area contributed by atoms with Crippen LogP contribution in [0.15, 0.2) is 24.3 Å². The van der Waals surface area contributed by atoms with E-state index in [1.807, 2.05) is 0 Å². The lowest BCUT2D eigenvalue weighted by molar-refractivity contribution is -0.141. The molecule has 0 fully saturated rings. The molecule has 106 valence electrons. The topological polar surface area (TPSA) is 37.8 Å². The molecular weight excluding hydrogens is 314 g/mol. The monoisotopic (exact) mass is 321 g/mol. The fourth-order valence-electron chi connectivity index (χ4n) is 1.49. The number of rotatable bonds is 2. The van der Waals surface area contributed by atoms with Gasteiger partial charge < -0.3 is 5.32 Å². The van der Waals surface area contributed by atoms with Crippen LogP contribution in [0.5, 0.6) is 0 Å². The molecule has 0 aliphatic rings. The Morgan fingerprint density at radius 3 is 2.45 bits per heavy atom. The molecule has 1 heterocycles. The van der Waals surface area contributed by atoms with Crippen molar-refractivity contribution in [2.24, 2.45) is 0 Å². The van der Waals surface area contributed by atoms with E-state index in [1.54, 1.807) is 25.1 Å². The molecule has 8 heteroatoms. The van der Waals surface area contributed by atoms with Gasteiger partial charge in [-0.1, -0.05) is 17.7 Å². The van der Waals surface area contributed by atoms with Crippen LogP contribution in [0.1, 0.15) is 11.3 Å². The molecule has 0 unspecified atom stereocenters. The van der Waals surface area contributed by atoms with E-state index >= 15 is 0 Å². The number of nitrogens with one attached hydrogen (secondary N) is 1. The van der Waals surface area contributed by atoms with Crippen molar-refractivity contribution in [3.05, 3.63) is 45.8 Å². The Bertz CT molecular complexity index is 644. The third-order valence-electron chi connectivity index (χ3n) is 2.45. The van der Waals surface area contributed by atoms with Gasteiger partial charge in [0.15, 0.2) is 5.69 Å². The Morgan fingerprint density at radius 2 is 1.80 bits per heavy atom. The summed E-state index contributed by atoms with van der Waals surface area (Å²) in [4.78, 5) is 6.86. The van der Waals surface area contributed by atoms with Crippen LogP contribution in [-0.4, -0.2) is 9.97 Å². The lowest BCUT2D eigenvalue weighted by Crippen LogP contribution is -2.10. The third-order valence-corrected chi connectivity index (χ3v) is 2.86. The smallest absolute Gasteiger partial charge is 0.340 e. The molecule has 20 heavy (non-hydrogen) atoms. The van der Waals surface area contributed by atoms with Crippen molar-refractivity contribution in [3.63, 3.8) is 0 Å². The van der Waals surface area contributed by atoms with Crippen LogP contribution in [0.4, 0.5) is 24.7 Å². The van der Waals surface area contributed by atoms with Crippen LogP contribution in [0.25, 0.3) is 0 Å². The van der Waals surface area contributed by atoms with E-state index in [9.17, 15) is 13.2 Å². The summed E-state index contributed by atoms with van der Waals surface area (Å²) < 4.78 is 37.9. The van der Waals surface area contributed by atoms with E-state index in [0.717, 1.165) is 11.6 Å². The summed E-state index contributed by atoms with van der Waals surface area (Å²) >= 11 is 11.3. The number of halogens is 5. The maximum absolute atomic E-state index is 12.6. The van der Waals surface area contributed by atoms with Crippen molar-refractivity contribution in [2.45, 2.75) is 13.1 Å². The fourth-order valence-corrected chi connectivity index (χ4v) is 1.85. The Labute approximate surface area is 122 Å². The molecule has 1 aromatic heterocycles. The highest BCUT2D eigenvalue weighted by molar-refractivity contribution is 6.31. The Balaban J connectivity index is 2.39. The van der Waals surface area contributed by atoms with Gasteiger partial charge in [0.05, 0.1) is 0 Å². The number of nitrogens with zero attached hydrogens (tertiary/aromatic N) is 2. The summed E-state index contributed by atoms with van der Waals surface area (Å²) in [6, 6.07) is 5.78. The zero-order valence-electron chi connectivity index (χ0n) is 10.1. The predicted octanol–water partition coefficient (Wildman–Crippen LogP) is 4.85. The van der Waals surface area contributed by atoms with E-state index in [-0.39, 0.29) is 5.82 Å². The highest BCUT2D eigenvalue weighted by atomic mass is 35.5. The minimum Gasteiger partial charge on any atom is -0.340 e. The minimum atomic E-state index is -4.59. The van der Waals surface area contributed by atoms with Gasteiger partial charge in [0.2, 0.25) is 5.28 Å². The lowest BCUT2D eigenvalue weighted by atomic mass is 10.2. The molecule has 1 N–H and O–H groups in total. The molecule has 0 amide bonds. The van der Waals surface area contributed by atoms with Gasteiger partial charge in [0.25, 0.3) is 0 Å². The Morgan fingerprint density at radius 1 is 1.10 bits per heavy atom. The summed E-state index contributed by atoms with van der Waals surface area (Å²) in [6.45, 7) is 1.78. The van der Waals surface area contributed by atoms with E-state index in [4.69, 9.17) is 23.2 Å². The predicted molar refractivity (Wildman–Crippen MR) is 71.5 cm³/mol. The Kier molecular flexibility index (Phi) is 4.06. The first kappa shape index (κ1) is 14.9. The van der Waals surface area contributed by atoms with Gasteiger partial charge in [0, 0.05) is 16.8 Å². The molecule has 2 rings (SSSR count). The number of hydrogen-bond donors (Lipinski definition) is 1. The molecule has 0 spiro atoms. The molecule has 0 aliphatic heterocycles. The van der Waals surface area contributed by atoms with Crippen LogP contribution in [0, 0.1) is 6.92 Å². The molecule has 0 aliphatic carbocycles. The molecule has 0 bridgehead atoms. The largest absolute Gasteiger partial charge is 0.433 e. The normalized spacial score (nSPS) is 11.5. The van der Waals surface area contributed by atoms with Crippen molar-refractivity contribution in [2.75, 3.05) is 5.32 Å². The van der Waals surface area contributed by atoms with Crippen LogP contribution in [0.3, 0.4) is 0 Å². The van der Waals surface area contributed by atoms with Gasteiger partial charge in [-0.05, 0) is 36.2 Å². The maximum atomic E-state index is 12.6. The van der Waals surface area contributed by atoms with Gasteiger partial charge in [-0.25, -0.2) is 9.97 Å². The molecule has 0 radical (unpaired) electrons. The third kappa shape index (κ3) is 3.52. The SMILES string of the molecule is Cc1ccc(Cl)cc1Nc1cc(C(F)(F)F)nc(Cl)n1. The fraction of sp³-hybridized carbons (Fsp3) is 0.167. The average molecular weight is 322 g/mol. The maximum Gasteiger partial charge on any atom is 0.433 e. The quantitative estimate of drug-likeness (QED) is 0.803. The first-order valence-electron chi connectivity index (χ1n) is 5.40. The highest BCUT2D eigenvalue weighted by Gasteiger charge is 2.33. The van der Waals surface area contributed by atoms with Gasteiger partial charge in [-0.3, -0.25) is 0 Å². The molecule has 3 nitrogen and oxygen atoms in total. The van der Waals surface area contributed by atoms with Gasteiger partial charge in [-0.2, -0.15) is 13.2 Å². The summed E-state index contributed by atoms with van der Waals surface area (Å²) in [5, 5.41) is 2.72. The van der Waals surface area contributed by atoms with Crippen molar-refractivity contribution in [3.8, 4) is 0 Å². The Hall–Kier alpha value is -1.53. The first-order valence-corrected chi connectivity index (χ1v) is 6.16. The van der Waals surface area contributed by atoms with Gasteiger partial charge in [0.1, 0.15) is 5.82 Å². The molecular formula is C12H8Cl2F3N3. The first-order chi connectivity index (χ1) is 9.25. The van der Waals surface area contributed by atoms with Crippen LogP contribution >= 0.6 is 23.2 Å². The summed E-state index contributed by atoms with van der Waals surface area (Å²) in [5.74, 6) is -0.0531. The standard InChI is InChI=1S/C12H8Cl2F3N3/c1-6-2-3-7(13)4-8(6)18-10-5-9(12(15,16)17)19-11(14)20-10/h2-5H,1H3,(H,18,19,20). The summed E-state index contributed by atoms with van der Waals surface area (Å²) in [7, 11) is 0. The second-order valence-electron chi connectivity index (χ2n) is 3.99. The number of alkyl halides is 3. The highest BCUT2D eigenvalue weighted by Crippen LogP contribution is 2.31. The number of benzene rings is 1. The molecule has 0 saturated heterocycles. The second kappa shape index (κ2) is 5.46. The molecule has 0 saturated carbocycles. The number of anilines is 2. The average Bonchev–Trinajstić information content (AvgIpc) is 2.32. The van der Waals surface area contributed by atoms with E-state index in [0.29, 0.717) is 10.7 Å². The van der Waals surface area contributed by atoms with Gasteiger partial charge >= 0.3 is 6.18 Å². The van der Waals surface area contributed by atoms with Crippen molar-refractivity contribution >= 4 is 34.7 Å². The number of hydrogen-bond acceptors (Lipinski definition) is 3. The zero-order chi connectivity index (χ0) is 14.9. The van der Waals surface area contributed by atoms with Gasteiger partial charge in [-0.15, -0.1) is 0 Å². The number of aryl methyl sites for hydroxylation is 1. The zero-order valence-corrected chi connectivity index (χ0v) is 11.6.